The highest BCUT2D eigenvalue weighted by atomic mass is 16.5. The number of hydrogen-bond donors (Lipinski definition) is 0. The first-order chi connectivity index (χ1) is 9.79. The van der Waals surface area contributed by atoms with Crippen LogP contribution in [0.5, 0.6) is 0 Å². The van der Waals surface area contributed by atoms with E-state index in [4.69, 9.17) is 4.74 Å². The molecule has 0 N–H and O–H groups in total. The molecule has 2 rings (SSSR count). The van der Waals surface area contributed by atoms with E-state index in [-0.39, 0.29) is 5.97 Å². The third-order valence-corrected chi connectivity index (χ3v) is 3.51. The van der Waals surface area contributed by atoms with Crippen LogP contribution in [0.2, 0.25) is 0 Å². The van der Waals surface area contributed by atoms with Crippen LogP contribution in [0.3, 0.4) is 0 Å². The van der Waals surface area contributed by atoms with Gasteiger partial charge >= 0.3 is 5.97 Å². The van der Waals surface area contributed by atoms with Gasteiger partial charge in [0.2, 0.25) is 0 Å². The highest BCUT2D eigenvalue weighted by Crippen LogP contribution is 2.35. The first kappa shape index (κ1) is 16.5. The van der Waals surface area contributed by atoms with Gasteiger partial charge in [-0.2, -0.15) is 0 Å². The number of carbonyl (C=O) groups excluding carboxylic acids is 1. The average molecular weight is 274 g/mol. The van der Waals surface area contributed by atoms with Gasteiger partial charge in [-0.1, -0.05) is 49.8 Å². The summed E-state index contributed by atoms with van der Waals surface area (Å²) in [4.78, 5) is 11.4. The molecule has 1 saturated carbocycles. The van der Waals surface area contributed by atoms with Crippen LogP contribution < -0.4 is 0 Å². The van der Waals surface area contributed by atoms with Crippen molar-refractivity contribution in [1.29, 1.82) is 0 Å². The highest BCUT2D eigenvalue weighted by molar-refractivity contribution is 5.82. The summed E-state index contributed by atoms with van der Waals surface area (Å²) in [5, 5.41) is 0. The topological polar surface area (TPSA) is 26.3 Å². The molecule has 0 aromatic heterocycles. The van der Waals surface area contributed by atoms with Crippen LogP contribution in [0.1, 0.15) is 57.9 Å². The fraction of sp³-hybridized carbons (Fsp3) is 0.500. The van der Waals surface area contributed by atoms with E-state index < -0.39 is 0 Å². The number of esters is 1. The largest absolute Gasteiger partial charge is 0.463 e. The van der Waals surface area contributed by atoms with E-state index in [9.17, 15) is 4.79 Å². The zero-order valence-electron chi connectivity index (χ0n) is 12.9. The van der Waals surface area contributed by atoms with Gasteiger partial charge in [-0.3, -0.25) is 0 Å². The molecule has 0 spiro atoms. The SMILES string of the molecule is CC.CCOC(=O)C=C1CCC(c2ccccc2)CC1. The molecule has 1 aromatic rings. The van der Waals surface area contributed by atoms with Crippen molar-refractivity contribution in [2.45, 2.75) is 52.4 Å². The molecular formula is C18H26O2. The van der Waals surface area contributed by atoms with Gasteiger partial charge in [0.15, 0.2) is 0 Å². The Labute approximate surface area is 122 Å². The number of benzene rings is 1. The fourth-order valence-corrected chi connectivity index (χ4v) is 2.54. The Kier molecular flexibility index (Phi) is 7.71. The Morgan fingerprint density at radius 2 is 1.80 bits per heavy atom. The van der Waals surface area contributed by atoms with Crippen molar-refractivity contribution in [2.75, 3.05) is 6.61 Å². The van der Waals surface area contributed by atoms with Crippen LogP contribution >= 0.6 is 0 Å². The molecule has 1 fully saturated rings. The Morgan fingerprint density at radius 3 is 2.35 bits per heavy atom. The molecular weight excluding hydrogens is 248 g/mol. The van der Waals surface area contributed by atoms with E-state index in [0.717, 1.165) is 25.7 Å². The van der Waals surface area contributed by atoms with Crippen molar-refractivity contribution in [3.63, 3.8) is 0 Å². The molecule has 0 bridgehead atoms. The molecule has 110 valence electrons. The van der Waals surface area contributed by atoms with Gasteiger partial charge < -0.3 is 4.74 Å². The second kappa shape index (κ2) is 9.35. The molecule has 1 aliphatic rings. The maximum absolute atomic E-state index is 11.4. The lowest BCUT2D eigenvalue weighted by Crippen LogP contribution is -2.09. The summed E-state index contributed by atoms with van der Waals surface area (Å²) in [6.45, 7) is 6.29. The van der Waals surface area contributed by atoms with Crippen molar-refractivity contribution in [2.24, 2.45) is 0 Å². The van der Waals surface area contributed by atoms with E-state index >= 15 is 0 Å². The van der Waals surface area contributed by atoms with Crippen LogP contribution in [0.15, 0.2) is 42.0 Å². The molecule has 0 amide bonds. The average Bonchev–Trinajstić information content (AvgIpc) is 2.51. The minimum Gasteiger partial charge on any atom is -0.463 e. The molecule has 1 aromatic carbocycles. The molecule has 0 aliphatic heterocycles. The maximum atomic E-state index is 11.4. The van der Waals surface area contributed by atoms with Crippen molar-refractivity contribution in [1.82, 2.24) is 0 Å². The predicted molar refractivity (Wildman–Crippen MR) is 83.7 cm³/mol. The summed E-state index contributed by atoms with van der Waals surface area (Å²) in [6, 6.07) is 10.6. The molecule has 20 heavy (non-hydrogen) atoms. The van der Waals surface area contributed by atoms with Crippen LogP contribution in [0.25, 0.3) is 0 Å². The molecule has 0 unspecified atom stereocenters. The number of carbonyl (C=O) groups is 1. The van der Waals surface area contributed by atoms with Crippen LogP contribution in [-0.4, -0.2) is 12.6 Å². The van der Waals surface area contributed by atoms with Gasteiger partial charge in [-0.25, -0.2) is 4.79 Å². The number of allylic oxidation sites excluding steroid dienone is 1. The van der Waals surface area contributed by atoms with E-state index in [2.05, 4.69) is 30.3 Å². The summed E-state index contributed by atoms with van der Waals surface area (Å²) in [5.41, 5.74) is 2.66. The van der Waals surface area contributed by atoms with E-state index in [1.54, 1.807) is 6.08 Å². The Morgan fingerprint density at radius 1 is 1.20 bits per heavy atom. The molecule has 2 nitrogen and oxygen atoms in total. The molecule has 0 heterocycles. The summed E-state index contributed by atoms with van der Waals surface area (Å²) >= 11 is 0. The Bertz CT molecular complexity index is 410. The second-order valence-corrected chi connectivity index (χ2v) is 4.74. The van der Waals surface area contributed by atoms with Crippen LogP contribution in [0.4, 0.5) is 0 Å². The van der Waals surface area contributed by atoms with Crippen molar-refractivity contribution >= 4 is 5.97 Å². The van der Waals surface area contributed by atoms with Crippen molar-refractivity contribution < 1.29 is 9.53 Å². The van der Waals surface area contributed by atoms with Gasteiger partial charge in [0.1, 0.15) is 0 Å². The number of ether oxygens (including phenoxy) is 1. The first-order valence-electron chi connectivity index (χ1n) is 7.70. The quantitative estimate of drug-likeness (QED) is 0.581. The third-order valence-electron chi connectivity index (χ3n) is 3.51. The minimum atomic E-state index is -0.189. The molecule has 2 heteroatoms. The molecule has 0 saturated heterocycles. The number of hydrogen-bond acceptors (Lipinski definition) is 2. The van der Waals surface area contributed by atoms with Gasteiger partial charge in [-0.05, 0) is 44.1 Å². The molecule has 0 atom stereocenters. The third kappa shape index (κ3) is 5.20. The highest BCUT2D eigenvalue weighted by Gasteiger charge is 2.18. The fourth-order valence-electron chi connectivity index (χ4n) is 2.54. The summed E-state index contributed by atoms with van der Waals surface area (Å²) in [7, 11) is 0. The summed E-state index contributed by atoms with van der Waals surface area (Å²) in [6.07, 6.45) is 5.98. The number of rotatable bonds is 3. The van der Waals surface area contributed by atoms with Crippen molar-refractivity contribution in [3.8, 4) is 0 Å². The zero-order valence-corrected chi connectivity index (χ0v) is 12.9. The Hall–Kier alpha value is -1.57. The lowest BCUT2D eigenvalue weighted by atomic mass is 9.81. The molecule has 0 radical (unpaired) electrons. The Balaban J connectivity index is 0.000000956. The van der Waals surface area contributed by atoms with Crippen molar-refractivity contribution in [3.05, 3.63) is 47.5 Å². The normalized spacial score (nSPS) is 17.8. The van der Waals surface area contributed by atoms with Gasteiger partial charge in [0.25, 0.3) is 0 Å². The standard InChI is InChI=1S/C16H20O2.C2H6/c1-2-18-16(17)12-13-8-10-15(11-9-13)14-6-4-3-5-7-14;1-2/h3-7,12,15H,2,8-11H2,1H3;1-2H3. The zero-order chi connectivity index (χ0) is 14.8. The second-order valence-electron chi connectivity index (χ2n) is 4.74. The van der Waals surface area contributed by atoms with Crippen LogP contribution in [-0.2, 0) is 9.53 Å². The summed E-state index contributed by atoms with van der Waals surface area (Å²) < 4.78 is 4.94. The maximum Gasteiger partial charge on any atom is 0.330 e. The minimum absolute atomic E-state index is 0.189. The predicted octanol–water partition coefficient (Wildman–Crippen LogP) is 4.86. The monoisotopic (exact) mass is 274 g/mol. The summed E-state index contributed by atoms with van der Waals surface area (Å²) in [5.74, 6) is 0.455. The van der Waals surface area contributed by atoms with Gasteiger partial charge in [-0.15, -0.1) is 0 Å². The molecule has 1 aliphatic carbocycles. The van der Waals surface area contributed by atoms with E-state index in [1.165, 1.54) is 11.1 Å². The van der Waals surface area contributed by atoms with E-state index in [1.807, 2.05) is 20.8 Å². The smallest absolute Gasteiger partial charge is 0.330 e. The first-order valence-corrected chi connectivity index (χ1v) is 7.70. The van der Waals surface area contributed by atoms with Gasteiger partial charge in [0.05, 0.1) is 6.61 Å². The lowest BCUT2D eigenvalue weighted by Gasteiger charge is -2.24. The van der Waals surface area contributed by atoms with Gasteiger partial charge in [0, 0.05) is 6.08 Å². The van der Waals surface area contributed by atoms with E-state index in [0.29, 0.717) is 12.5 Å². The van der Waals surface area contributed by atoms with Crippen LogP contribution in [0, 0.1) is 0 Å². The lowest BCUT2D eigenvalue weighted by molar-refractivity contribution is -0.137.